The van der Waals surface area contributed by atoms with Crippen molar-refractivity contribution in [1.82, 2.24) is 0 Å². The normalized spacial score (nSPS) is 13.2. The summed E-state index contributed by atoms with van der Waals surface area (Å²) in [5.74, 6) is 0.492. The van der Waals surface area contributed by atoms with Crippen molar-refractivity contribution in [2.24, 2.45) is 5.73 Å². The van der Waals surface area contributed by atoms with Crippen molar-refractivity contribution in [2.75, 3.05) is 0 Å². The first kappa shape index (κ1) is 15.9. The molecule has 112 valence electrons. The van der Waals surface area contributed by atoms with Gasteiger partial charge in [0.2, 0.25) is 0 Å². The topological polar surface area (TPSA) is 26.0 Å². The van der Waals surface area contributed by atoms with Crippen LogP contribution in [0.15, 0.2) is 53.4 Å². The molecule has 0 saturated carbocycles. The van der Waals surface area contributed by atoms with E-state index in [2.05, 4.69) is 0 Å². The molecule has 0 aliphatic carbocycles. The van der Waals surface area contributed by atoms with Crippen molar-refractivity contribution in [3.63, 3.8) is 0 Å². The number of hydrogen-bond acceptors (Lipinski definition) is 2. The highest BCUT2D eigenvalue weighted by Gasteiger charge is 2.30. The zero-order valence-electron chi connectivity index (χ0n) is 11.5. The Morgan fingerprint density at radius 2 is 1.81 bits per heavy atom. The number of benzene rings is 2. The van der Waals surface area contributed by atoms with Gasteiger partial charge in [0.15, 0.2) is 0 Å². The van der Waals surface area contributed by atoms with Gasteiger partial charge in [-0.1, -0.05) is 30.3 Å². The van der Waals surface area contributed by atoms with Gasteiger partial charge in [-0.05, 0) is 36.2 Å². The smallest absolute Gasteiger partial charge is 0.324 e. The Kier molecular flexibility index (Phi) is 4.96. The highest BCUT2D eigenvalue weighted by Crippen LogP contribution is 2.31. The predicted octanol–water partition coefficient (Wildman–Crippen LogP) is 5.02. The average molecular weight is 311 g/mol. The van der Waals surface area contributed by atoms with Crippen molar-refractivity contribution in [3.05, 3.63) is 65.2 Å². The summed E-state index contributed by atoms with van der Waals surface area (Å²) in [7, 11) is 0. The molecule has 0 fully saturated rings. The van der Waals surface area contributed by atoms with E-state index in [0.29, 0.717) is 11.3 Å². The lowest BCUT2D eigenvalue weighted by atomic mass is 10.1. The first-order valence-electron chi connectivity index (χ1n) is 6.51. The van der Waals surface area contributed by atoms with Gasteiger partial charge in [-0.25, -0.2) is 0 Å². The summed E-state index contributed by atoms with van der Waals surface area (Å²) in [5.41, 5.74) is 6.89. The molecular weight excluding hydrogens is 295 g/mol. The summed E-state index contributed by atoms with van der Waals surface area (Å²) < 4.78 is 38.0. The third kappa shape index (κ3) is 4.51. The van der Waals surface area contributed by atoms with E-state index < -0.39 is 11.7 Å². The van der Waals surface area contributed by atoms with Crippen LogP contribution in [0.1, 0.15) is 29.7 Å². The molecule has 0 aromatic heterocycles. The first-order valence-corrected chi connectivity index (χ1v) is 7.49. The molecule has 0 aliphatic rings. The first-order chi connectivity index (χ1) is 9.86. The second-order valence-electron chi connectivity index (χ2n) is 4.85. The summed E-state index contributed by atoms with van der Waals surface area (Å²) in [6.07, 6.45) is -4.30. The lowest BCUT2D eigenvalue weighted by molar-refractivity contribution is -0.137. The van der Waals surface area contributed by atoms with E-state index in [1.807, 2.05) is 31.2 Å². The molecule has 0 saturated heterocycles. The van der Waals surface area contributed by atoms with Crippen LogP contribution in [0.3, 0.4) is 0 Å². The third-order valence-electron chi connectivity index (χ3n) is 3.04. The molecule has 1 nitrogen and oxygen atoms in total. The molecule has 2 N–H and O–H groups in total. The van der Waals surface area contributed by atoms with Gasteiger partial charge < -0.3 is 5.73 Å². The number of hydrogen-bond donors (Lipinski definition) is 1. The second kappa shape index (κ2) is 6.54. The van der Waals surface area contributed by atoms with Gasteiger partial charge in [-0.15, -0.1) is 11.8 Å². The number of alkyl halides is 3. The monoisotopic (exact) mass is 311 g/mol. The zero-order chi connectivity index (χ0) is 15.5. The summed E-state index contributed by atoms with van der Waals surface area (Å²) in [6.45, 7) is 1.90. The molecular formula is C16H16F3NS. The molecule has 0 amide bonds. The van der Waals surface area contributed by atoms with Crippen LogP contribution in [0, 0.1) is 0 Å². The van der Waals surface area contributed by atoms with Gasteiger partial charge in [0.25, 0.3) is 0 Å². The Hall–Kier alpha value is -1.46. The maximum atomic E-state index is 12.7. The Morgan fingerprint density at radius 1 is 1.10 bits per heavy atom. The minimum absolute atomic E-state index is 0.0564. The molecule has 0 aliphatic heterocycles. The van der Waals surface area contributed by atoms with Crippen LogP contribution in [0.5, 0.6) is 0 Å². The second-order valence-corrected chi connectivity index (χ2v) is 5.90. The molecule has 0 radical (unpaired) electrons. The number of halogens is 3. The van der Waals surface area contributed by atoms with E-state index in [4.69, 9.17) is 5.73 Å². The summed E-state index contributed by atoms with van der Waals surface area (Å²) >= 11 is 1.50. The Morgan fingerprint density at radius 3 is 2.48 bits per heavy atom. The van der Waals surface area contributed by atoms with Crippen LogP contribution in [0.4, 0.5) is 13.2 Å². The largest absolute Gasteiger partial charge is 0.416 e. The SMILES string of the molecule is CC(N)c1cccc(SCc2cccc(C(F)(F)F)c2)c1. The number of rotatable bonds is 4. The summed E-state index contributed by atoms with van der Waals surface area (Å²) in [4.78, 5) is 1.00. The van der Waals surface area contributed by atoms with Crippen LogP contribution in [0.2, 0.25) is 0 Å². The molecule has 5 heteroatoms. The molecule has 21 heavy (non-hydrogen) atoms. The van der Waals surface area contributed by atoms with E-state index in [-0.39, 0.29) is 6.04 Å². The van der Waals surface area contributed by atoms with Gasteiger partial charge in [-0.2, -0.15) is 13.2 Å². The predicted molar refractivity (Wildman–Crippen MR) is 80.0 cm³/mol. The molecule has 1 unspecified atom stereocenters. The molecule has 2 aromatic carbocycles. The lowest BCUT2D eigenvalue weighted by Gasteiger charge is -2.10. The highest BCUT2D eigenvalue weighted by atomic mass is 32.2. The molecule has 2 rings (SSSR count). The lowest BCUT2D eigenvalue weighted by Crippen LogP contribution is -2.05. The Balaban J connectivity index is 2.08. The quantitative estimate of drug-likeness (QED) is 0.803. The fraction of sp³-hybridized carbons (Fsp3) is 0.250. The summed E-state index contributed by atoms with van der Waals surface area (Å²) in [6, 6.07) is 13.1. The van der Waals surface area contributed by atoms with Gasteiger partial charge in [-0.3, -0.25) is 0 Å². The van der Waals surface area contributed by atoms with Gasteiger partial charge in [0.05, 0.1) is 5.56 Å². The summed E-state index contributed by atoms with van der Waals surface area (Å²) in [5, 5.41) is 0. The Labute approximate surface area is 126 Å². The number of nitrogens with two attached hydrogens (primary N) is 1. The molecule has 0 heterocycles. The van der Waals surface area contributed by atoms with Crippen molar-refractivity contribution in [1.29, 1.82) is 0 Å². The molecule has 0 spiro atoms. The molecule has 0 bridgehead atoms. The van der Waals surface area contributed by atoms with E-state index >= 15 is 0 Å². The fourth-order valence-electron chi connectivity index (χ4n) is 1.89. The minimum atomic E-state index is -4.30. The average Bonchev–Trinajstić information content (AvgIpc) is 2.45. The highest BCUT2D eigenvalue weighted by molar-refractivity contribution is 7.98. The molecule has 2 aromatic rings. The molecule has 1 atom stereocenters. The van der Waals surface area contributed by atoms with Gasteiger partial charge in [0.1, 0.15) is 0 Å². The zero-order valence-corrected chi connectivity index (χ0v) is 12.3. The van der Waals surface area contributed by atoms with Crippen LogP contribution in [-0.2, 0) is 11.9 Å². The standard InChI is InChI=1S/C16H16F3NS/c1-11(20)13-5-3-7-15(9-13)21-10-12-4-2-6-14(8-12)16(17,18)19/h2-9,11H,10,20H2,1H3. The van der Waals surface area contributed by atoms with Crippen molar-refractivity contribution >= 4 is 11.8 Å². The van der Waals surface area contributed by atoms with Crippen LogP contribution in [0.25, 0.3) is 0 Å². The maximum absolute atomic E-state index is 12.7. The minimum Gasteiger partial charge on any atom is -0.324 e. The van der Waals surface area contributed by atoms with Gasteiger partial charge in [0, 0.05) is 16.7 Å². The van der Waals surface area contributed by atoms with E-state index in [9.17, 15) is 13.2 Å². The van der Waals surface area contributed by atoms with Crippen molar-refractivity contribution in [3.8, 4) is 0 Å². The van der Waals surface area contributed by atoms with Crippen LogP contribution in [-0.4, -0.2) is 0 Å². The third-order valence-corrected chi connectivity index (χ3v) is 4.11. The van der Waals surface area contributed by atoms with Gasteiger partial charge >= 0.3 is 6.18 Å². The van der Waals surface area contributed by atoms with Crippen molar-refractivity contribution in [2.45, 2.75) is 29.8 Å². The van der Waals surface area contributed by atoms with E-state index in [0.717, 1.165) is 16.5 Å². The number of thioether (sulfide) groups is 1. The van der Waals surface area contributed by atoms with E-state index in [1.165, 1.54) is 23.9 Å². The van der Waals surface area contributed by atoms with Crippen molar-refractivity contribution < 1.29 is 13.2 Å². The van der Waals surface area contributed by atoms with Crippen LogP contribution >= 0.6 is 11.8 Å². The van der Waals surface area contributed by atoms with E-state index in [1.54, 1.807) is 6.07 Å². The Bertz CT molecular complexity index is 608. The maximum Gasteiger partial charge on any atom is 0.416 e. The van der Waals surface area contributed by atoms with Crippen LogP contribution < -0.4 is 5.73 Å². The fourth-order valence-corrected chi connectivity index (χ4v) is 2.80.